The zero-order valence-electron chi connectivity index (χ0n) is 21.3. The van der Waals surface area contributed by atoms with Gasteiger partial charge in [-0.3, -0.25) is 0 Å². The lowest BCUT2D eigenvalue weighted by atomic mass is 9.68. The molecular weight excluding hydrogens is 473 g/mol. The molecule has 3 aromatic carbocycles. The van der Waals surface area contributed by atoms with Crippen molar-refractivity contribution in [2.75, 3.05) is 11.8 Å². The van der Waals surface area contributed by atoms with Crippen molar-refractivity contribution < 1.29 is 19.0 Å². The molecule has 0 atom stereocenters. The molecule has 2 N–H and O–H groups in total. The first-order chi connectivity index (χ1) is 17.2. The van der Waals surface area contributed by atoms with E-state index in [4.69, 9.17) is 4.74 Å². The van der Waals surface area contributed by atoms with Crippen LogP contribution in [-0.2, 0) is 0 Å². The van der Waals surface area contributed by atoms with Crippen molar-refractivity contribution in [3.63, 3.8) is 0 Å². The van der Waals surface area contributed by atoms with E-state index < -0.39 is 5.97 Å². The van der Waals surface area contributed by atoms with E-state index in [2.05, 4.69) is 37.6 Å². The van der Waals surface area contributed by atoms with Gasteiger partial charge in [0.2, 0.25) is 0 Å². The Morgan fingerprint density at radius 1 is 1.03 bits per heavy atom. The molecule has 190 valence electrons. The first-order valence-corrected chi connectivity index (χ1v) is 13.2. The maximum Gasteiger partial charge on any atom is 0.335 e. The number of hydrogen-bond donors (Lipinski definition) is 2. The number of methoxy groups -OCH3 is 1. The standard InChI is InChI=1S/C30H34FNO3S/c1-30(2,3)23-15-12-20(13-16-23)19-8-10-21(11-9-19)24-6-5-7-27(28(24)31)36-32-25-17-14-22(29(33)34)18-26(25)35-4/h5-11,14,17-18,20,23,32H,12-13,15-16H2,1-4H3,(H,33,34). The van der Waals surface area contributed by atoms with E-state index >= 15 is 4.39 Å². The van der Waals surface area contributed by atoms with Crippen molar-refractivity contribution in [1.82, 2.24) is 0 Å². The number of ether oxygens (including phenoxy) is 1. The highest BCUT2D eigenvalue weighted by molar-refractivity contribution is 8.00. The molecule has 0 aliphatic heterocycles. The number of hydrogen-bond acceptors (Lipinski definition) is 4. The van der Waals surface area contributed by atoms with Gasteiger partial charge in [0.05, 0.1) is 23.3 Å². The maximum absolute atomic E-state index is 15.5. The third kappa shape index (κ3) is 5.86. The lowest BCUT2D eigenvalue weighted by molar-refractivity contribution is 0.0696. The van der Waals surface area contributed by atoms with E-state index in [0.717, 1.165) is 23.4 Å². The van der Waals surface area contributed by atoms with Crippen LogP contribution in [0.3, 0.4) is 0 Å². The molecule has 0 spiro atoms. The summed E-state index contributed by atoms with van der Waals surface area (Å²) < 4.78 is 23.8. The van der Waals surface area contributed by atoms with Gasteiger partial charge in [-0.2, -0.15) is 0 Å². The van der Waals surface area contributed by atoms with Crippen molar-refractivity contribution in [2.45, 2.75) is 57.3 Å². The summed E-state index contributed by atoms with van der Waals surface area (Å²) in [6.07, 6.45) is 4.95. The molecule has 4 nitrogen and oxygen atoms in total. The molecule has 1 fully saturated rings. The molecule has 36 heavy (non-hydrogen) atoms. The first-order valence-electron chi connectivity index (χ1n) is 12.4. The number of carbonyl (C=O) groups is 1. The van der Waals surface area contributed by atoms with Gasteiger partial charge in [-0.1, -0.05) is 57.2 Å². The minimum Gasteiger partial charge on any atom is -0.495 e. The van der Waals surface area contributed by atoms with E-state index in [-0.39, 0.29) is 11.4 Å². The number of halogens is 1. The van der Waals surface area contributed by atoms with E-state index in [1.807, 2.05) is 18.2 Å². The van der Waals surface area contributed by atoms with E-state index in [0.29, 0.717) is 33.2 Å². The molecule has 0 radical (unpaired) electrons. The van der Waals surface area contributed by atoms with Crippen LogP contribution in [0.5, 0.6) is 5.75 Å². The monoisotopic (exact) mass is 507 g/mol. The number of aromatic carboxylic acids is 1. The van der Waals surface area contributed by atoms with Crippen molar-refractivity contribution in [2.24, 2.45) is 11.3 Å². The van der Waals surface area contributed by atoms with Gasteiger partial charge in [-0.05, 0) is 90.3 Å². The van der Waals surface area contributed by atoms with Crippen molar-refractivity contribution in [3.8, 4) is 16.9 Å². The Morgan fingerprint density at radius 2 is 1.72 bits per heavy atom. The van der Waals surface area contributed by atoms with Crippen molar-refractivity contribution >= 4 is 23.6 Å². The Bertz CT molecular complexity index is 1210. The molecule has 0 heterocycles. The van der Waals surface area contributed by atoms with Crippen LogP contribution in [0.2, 0.25) is 0 Å². The molecule has 1 aliphatic rings. The van der Waals surface area contributed by atoms with Crippen LogP contribution in [0.25, 0.3) is 11.1 Å². The van der Waals surface area contributed by atoms with Gasteiger partial charge < -0.3 is 14.6 Å². The molecule has 0 amide bonds. The highest BCUT2D eigenvalue weighted by atomic mass is 32.2. The molecule has 4 rings (SSSR count). The highest BCUT2D eigenvalue weighted by Gasteiger charge is 2.30. The third-order valence-electron chi connectivity index (χ3n) is 7.33. The third-order valence-corrected chi connectivity index (χ3v) is 8.18. The van der Waals surface area contributed by atoms with Gasteiger partial charge in [0.15, 0.2) is 0 Å². The van der Waals surface area contributed by atoms with Crippen LogP contribution in [0.15, 0.2) is 65.6 Å². The normalized spacial score (nSPS) is 18.0. The van der Waals surface area contributed by atoms with Gasteiger partial charge in [0.1, 0.15) is 11.6 Å². The molecule has 0 bridgehead atoms. The quantitative estimate of drug-likeness (QED) is 0.313. The minimum absolute atomic E-state index is 0.126. The zero-order chi connectivity index (χ0) is 25.9. The van der Waals surface area contributed by atoms with Crippen molar-refractivity contribution in [1.29, 1.82) is 0 Å². The summed E-state index contributed by atoms with van der Waals surface area (Å²) in [7, 11) is 1.47. The van der Waals surface area contributed by atoms with Gasteiger partial charge in [-0.15, -0.1) is 0 Å². The van der Waals surface area contributed by atoms with Gasteiger partial charge in [-0.25, -0.2) is 9.18 Å². The Morgan fingerprint density at radius 3 is 2.33 bits per heavy atom. The summed E-state index contributed by atoms with van der Waals surface area (Å²) in [5, 5.41) is 9.18. The second-order valence-corrected chi connectivity index (χ2v) is 11.4. The average molecular weight is 508 g/mol. The lowest BCUT2D eigenvalue weighted by Gasteiger charge is -2.37. The van der Waals surface area contributed by atoms with Gasteiger partial charge >= 0.3 is 5.97 Å². The Labute approximate surface area is 217 Å². The number of anilines is 1. The molecule has 1 aliphatic carbocycles. The first kappa shape index (κ1) is 26.1. The van der Waals surface area contributed by atoms with Crippen LogP contribution >= 0.6 is 11.9 Å². The van der Waals surface area contributed by atoms with E-state index in [1.165, 1.54) is 50.5 Å². The van der Waals surface area contributed by atoms with Crippen LogP contribution in [0.4, 0.5) is 10.1 Å². The predicted molar refractivity (Wildman–Crippen MR) is 145 cm³/mol. The van der Waals surface area contributed by atoms with E-state index in [9.17, 15) is 9.90 Å². The summed E-state index contributed by atoms with van der Waals surface area (Å²) in [6.45, 7) is 7.03. The number of nitrogens with one attached hydrogen (secondary N) is 1. The molecule has 0 saturated heterocycles. The van der Waals surface area contributed by atoms with Crippen LogP contribution in [-0.4, -0.2) is 18.2 Å². The molecule has 1 saturated carbocycles. The summed E-state index contributed by atoms with van der Waals surface area (Å²) in [4.78, 5) is 11.7. The Hall–Kier alpha value is -2.99. The summed E-state index contributed by atoms with van der Waals surface area (Å²) in [6, 6.07) is 18.3. The van der Waals surface area contributed by atoms with Crippen LogP contribution in [0, 0.1) is 17.2 Å². The highest BCUT2D eigenvalue weighted by Crippen LogP contribution is 2.43. The number of rotatable bonds is 7. The summed E-state index contributed by atoms with van der Waals surface area (Å²) in [5.41, 5.74) is 3.82. The topological polar surface area (TPSA) is 58.6 Å². The fourth-order valence-electron chi connectivity index (χ4n) is 5.06. The van der Waals surface area contributed by atoms with E-state index in [1.54, 1.807) is 18.2 Å². The largest absolute Gasteiger partial charge is 0.495 e. The molecule has 0 aromatic heterocycles. The predicted octanol–water partition coefficient (Wildman–Crippen LogP) is 8.64. The minimum atomic E-state index is -1.03. The second kappa shape index (κ2) is 11.0. The van der Waals surface area contributed by atoms with Crippen LogP contribution < -0.4 is 9.46 Å². The molecule has 0 unspecified atom stereocenters. The number of carboxylic acid groups (broad SMARTS) is 1. The summed E-state index contributed by atoms with van der Waals surface area (Å²) in [5.74, 6) is 0.414. The molecular formula is C30H34FNO3S. The van der Waals surface area contributed by atoms with Crippen molar-refractivity contribution in [3.05, 3.63) is 77.6 Å². The van der Waals surface area contributed by atoms with Gasteiger partial charge in [0, 0.05) is 5.56 Å². The SMILES string of the molecule is COc1cc(C(=O)O)ccc1NSc1cccc(-c2ccc(C3CCC(C(C)(C)C)CC3)cc2)c1F. The zero-order valence-corrected chi connectivity index (χ0v) is 22.1. The fraction of sp³-hybridized carbons (Fsp3) is 0.367. The smallest absolute Gasteiger partial charge is 0.335 e. The maximum atomic E-state index is 15.5. The number of carboxylic acids is 1. The molecule has 6 heteroatoms. The Kier molecular flexibility index (Phi) is 7.94. The Balaban J connectivity index is 1.46. The number of benzene rings is 3. The average Bonchev–Trinajstić information content (AvgIpc) is 2.87. The molecule has 3 aromatic rings. The lowest BCUT2D eigenvalue weighted by Crippen LogP contribution is -2.25. The van der Waals surface area contributed by atoms with Crippen LogP contribution in [0.1, 0.15) is 68.3 Å². The fourth-order valence-corrected chi connectivity index (χ4v) is 5.79. The summed E-state index contributed by atoms with van der Waals surface area (Å²) >= 11 is 1.13. The van der Waals surface area contributed by atoms with Gasteiger partial charge in [0.25, 0.3) is 0 Å². The second-order valence-electron chi connectivity index (χ2n) is 10.6.